The maximum absolute atomic E-state index is 5.96. The van der Waals surface area contributed by atoms with E-state index in [0.717, 1.165) is 25.2 Å². The van der Waals surface area contributed by atoms with Crippen LogP contribution < -0.4 is 10.1 Å². The minimum absolute atomic E-state index is 0.424. The Morgan fingerprint density at radius 1 is 1.32 bits per heavy atom. The Morgan fingerprint density at radius 2 is 2.16 bits per heavy atom. The van der Waals surface area contributed by atoms with Gasteiger partial charge in [0, 0.05) is 17.6 Å². The quantitative estimate of drug-likeness (QED) is 0.827. The molecule has 2 rings (SSSR count). The molecule has 1 atom stereocenters. The number of fused-ring (bicyclic) bond motifs is 1. The van der Waals surface area contributed by atoms with Gasteiger partial charge in [-0.1, -0.05) is 51.8 Å². The zero-order chi connectivity index (χ0) is 13.7. The largest absolute Gasteiger partial charge is 0.493 e. The fourth-order valence-electron chi connectivity index (χ4n) is 2.83. The van der Waals surface area contributed by atoms with E-state index in [0.29, 0.717) is 12.1 Å². The maximum atomic E-state index is 5.96. The molecular weight excluding hydrogens is 234 g/mol. The SMILES string of the molecule is CCCCC(NC(C)C)c1cccc2c1OCCC2. The molecule has 2 heteroatoms. The maximum Gasteiger partial charge on any atom is 0.127 e. The highest BCUT2D eigenvalue weighted by Gasteiger charge is 2.21. The molecule has 1 aromatic carbocycles. The molecule has 1 N–H and O–H groups in total. The molecule has 1 heterocycles. The van der Waals surface area contributed by atoms with Crippen molar-refractivity contribution in [2.45, 2.75) is 65.0 Å². The summed E-state index contributed by atoms with van der Waals surface area (Å²) in [6.45, 7) is 7.56. The number of para-hydroxylation sites is 1. The smallest absolute Gasteiger partial charge is 0.127 e. The lowest BCUT2D eigenvalue weighted by molar-refractivity contribution is 0.279. The van der Waals surface area contributed by atoms with Gasteiger partial charge in [0.05, 0.1) is 6.61 Å². The van der Waals surface area contributed by atoms with Crippen LogP contribution in [-0.2, 0) is 6.42 Å². The van der Waals surface area contributed by atoms with Gasteiger partial charge >= 0.3 is 0 Å². The molecule has 0 saturated heterocycles. The highest BCUT2D eigenvalue weighted by atomic mass is 16.5. The van der Waals surface area contributed by atoms with Crippen LogP contribution in [0.5, 0.6) is 5.75 Å². The highest BCUT2D eigenvalue weighted by molar-refractivity contribution is 5.44. The molecular formula is C17H27NO. The van der Waals surface area contributed by atoms with Crippen molar-refractivity contribution < 1.29 is 4.74 Å². The molecule has 1 aliphatic heterocycles. The first kappa shape index (κ1) is 14.4. The topological polar surface area (TPSA) is 21.3 Å². The number of hydrogen-bond donors (Lipinski definition) is 1. The van der Waals surface area contributed by atoms with E-state index in [9.17, 15) is 0 Å². The first-order valence-electron chi connectivity index (χ1n) is 7.73. The number of rotatable bonds is 6. The van der Waals surface area contributed by atoms with Gasteiger partial charge in [-0.05, 0) is 24.8 Å². The summed E-state index contributed by atoms with van der Waals surface area (Å²) >= 11 is 0. The van der Waals surface area contributed by atoms with Crippen LogP contribution in [-0.4, -0.2) is 12.6 Å². The Morgan fingerprint density at radius 3 is 2.89 bits per heavy atom. The van der Waals surface area contributed by atoms with E-state index in [-0.39, 0.29) is 0 Å². The van der Waals surface area contributed by atoms with Crippen molar-refractivity contribution in [3.63, 3.8) is 0 Å². The van der Waals surface area contributed by atoms with Gasteiger partial charge in [0.25, 0.3) is 0 Å². The minimum atomic E-state index is 0.424. The Kier molecular flexibility index (Phi) is 5.26. The van der Waals surface area contributed by atoms with Crippen LogP contribution in [0.15, 0.2) is 18.2 Å². The summed E-state index contributed by atoms with van der Waals surface area (Å²) in [5.74, 6) is 1.16. The van der Waals surface area contributed by atoms with Crippen LogP contribution >= 0.6 is 0 Å². The molecule has 19 heavy (non-hydrogen) atoms. The lowest BCUT2D eigenvalue weighted by Crippen LogP contribution is -2.29. The summed E-state index contributed by atoms with van der Waals surface area (Å²) in [5, 5.41) is 3.70. The Hall–Kier alpha value is -1.02. The summed E-state index contributed by atoms with van der Waals surface area (Å²) in [7, 11) is 0. The molecule has 0 amide bonds. The summed E-state index contributed by atoms with van der Waals surface area (Å²) < 4.78 is 5.96. The molecule has 0 spiro atoms. The number of nitrogens with one attached hydrogen (secondary N) is 1. The van der Waals surface area contributed by atoms with Crippen LogP contribution in [0, 0.1) is 0 Å². The fraction of sp³-hybridized carbons (Fsp3) is 0.647. The molecule has 1 aliphatic rings. The second-order valence-corrected chi connectivity index (χ2v) is 5.80. The van der Waals surface area contributed by atoms with Crippen molar-refractivity contribution in [3.05, 3.63) is 29.3 Å². The number of hydrogen-bond acceptors (Lipinski definition) is 2. The van der Waals surface area contributed by atoms with Crippen molar-refractivity contribution in [1.82, 2.24) is 5.32 Å². The number of benzene rings is 1. The van der Waals surface area contributed by atoms with Gasteiger partial charge in [0.15, 0.2) is 0 Å². The van der Waals surface area contributed by atoms with Gasteiger partial charge in [-0.2, -0.15) is 0 Å². The summed E-state index contributed by atoms with van der Waals surface area (Å²) in [4.78, 5) is 0. The van der Waals surface area contributed by atoms with Crippen LogP contribution in [0.2, 0.25) is 0 Å². The van der Waals surface area contributed by atoms with E-state index in [1.54, 1.807) is 0 Å². The van der Waals surface area contributed by atoms with E-state index < -0.39 is 0 Å². The molecule has 2 nitrogen and oxygen atoms in total. The molecule has 106 valence electrons. The summed E-state index contributed by atoms with van der Waals surface area (Å²) in [5.41, 5.74) is 2.75. The highest BCUT2D eigenvalue weighted by Crippen LogP contribution is 2.35. The predicted molar refractivity (Wildman–Crippen MR) is 80.8 cm³/mol. The van der Waals surface area contributed by atoms with E-state index in [4.69, 9.17) is 4.74 Å². The number of unbranched alkanes of at least 4 members (excludes halogenated alkanes) is 1. The molecule has 0 radical (unpaired) electrons. The van der Waals surface area contributed by atoms with Crippen molar-refractivity contribution >= 4 is 0 Å². The van der Waals surface area contributed by atoms with E-state index >= 15 is 0 Å². The molecule has 0 aliphatic carbocycles. The van der Waals surface area contributed by atoms with E-state index in [1.165, 1.54) is 30.4 Å². The van der Waals surface area contributed by atoms with Gasteiger partial charge < -0.3 is 10.1 Å². The Bertz CT molecular complexity index is 400. The zero-order valence-corrected chi connectivity index (χ0v) is 12.5. The van der Waals surface area contributed by atoms with E-state index in [1.807, 2.05) is 0 Å². The Labute approximate surface area is 117 Å². The van der Waals surface area contributed by atoms with Gasteiger partial charge in [0.2, 0.25) is 0 Å². The standard InChI is InChI=1S/C17H27NO/c1-4-5-11-16(18-13(2)3)15-10-6-8-14-9-7-12-19-17(14)15/h6,8,10,13,16,18H,4-5,7,9,11-12H2,1-3H3. The van der Waals surface area contributed by atoms with Gasteiger partial charge in [-0.15, -0.1) is 0 Å². The van der Waals surface area contributed by atoms with Gasteiger partial charge in [0.1, 0.15) is 5.75 Å². The average molecular weight is 261 g/mol. The fourth-order valence-corrected chi connectivity index (χ4v) is 2.83. The monoisotopic (exact) mass is 261 g/mol. The van der Waals surface area contributed by atoms with Crippen LogP contribution in [0.1, 0.15) is 63.6 Å². The Balaban J connectivity index is 2.24. The van der Waals surface area contributed by atoms with Crippen molar-refractivity contribution in [2.75, 3.05) is 6.61 Å². The molecule has 0 saturated carbocycles. The normalized spacial score (nSPS) is 16.0. The number of aryl methyl sites for hydroxylation is 1. The number of ether oxygens (including phenoxy) is 1. The molecule has 0 bridgehead atoms. The van der Waals surface area contributed by atoms with Crippen LogP contribution in [0.25, 0.3) is 0 Å². The first-order valence-corrected chi connectivity index (χ1v) is 7.73. The second kappa shape index (κ2) is 6.95. The van der Waals surface area contributed by atoms with E-state index in [2.05, 4.69) is 44.3 Å². The van der Waals surface area contributed by atoms with Crippen molar-refractivity contribution in [1.29, 1.82) is 0 Å². The average Bonchev–Trinajstić information content (AvgIpc) is 2.42. The third-order valence-electron chi connectivity index (χ3n) is 3.72. The zero-order valence-electron chi connectivity index (χ0n) is 12.5. The third-order valence-corrected chi connectivity index (χ3v) is 3.72. The van der Waals surface area contributed by atoms with Crippen molar-refractivity contribution in [2.24, 2.45) is 0 Å². The van der Waals surface area contributed by atoms with Gasteiger partial charge in [-0.3, -0.25) is 0 Å². The summed E-state index contributed by atoms with van der Waals surface area (Å²) in [6, 6.07) is 7.56. The predicted octanol–water partition coefficient (Wildman–Crippen LogP) is 4.24. The van der Waals surface area contributed by atoms with Crippen LogP contribution in [0.4, 0.5) is 0 Å². The molecule has 0 aromatic heterocycles. The lowest BCUT2D eigenvalue weighted by atomic mass is 9.94. The minimum Gasteiger partial charge on any atom is -0.493 e. The second-order valence-electron chi connectivity index (χ2n) is 5.80. The van der Waals surface area contributed by atoms with Crippen molar-refractivity contribution in [3.8, 4) is 5.75 Å². The first-order chi connectivity index (χ1) is 9.22. The third kappa shape index (κ3) is 3.73. The van der Waals surface area contributed by atoms with Gasteiger partial charge in [-0.25, -0.2) is 0 Å². The summed E-state index contributed by atoms with van der Waals surface area (Å²) in [6.07, 6.45) is 5.99. The molecule has 0 fully saturated rings. The van der Waals surface area contributed by atoms with Crippen LogP contribution in [0.3, 0.4) is 0 Å². The lowest BCUT2D eigenvalue weighted by Gasteiger charge is -2.27. The molecule has 1 aromatic rings. The molecule has 1 unspecified atom stereocenters.